The molecule has 6 rings (SSSR count). The third-order valence-electron chi connectivity index (χ3n) is 9.67. The molecule has 0 saturated carbocycles. The normalized spacial score (nSPS) is 24.3. The summed E-state index contributed by atoms with van der Waals surface area (Å²) in [5, 5.41) is 25.4. The van der Waals surface area contributed by atoms with Gasteiger partial charge in [-0.1, -0.05) is 34.6 Å². The van der Waals surface area contributed by atoms with Crippen LogP contribution in [-0.2, 0) is 9.53 Å². The molecule has 45 heavy (non-hydrogen) atoms. The summed E-state index contributed by atoms with van der Waals surface area (Å²) in [6.45, 7) is 16.8. The van der Waals surface area contributed by atoms with Crippen molar-refractivity contribution < 1.29 is 19.7 Å². The van der Waals surface area contributed by atoms with E-state index in [-0.39, 0.29) is 36.2 Å². The maximum Gasteiger partial charge on any atom is 0.305 e. The molecule has 5 aliphatic heterocycles. The number of esters is 1. The minimum Gasteiger partial charge on any atom is -0.511 e. The van der Waals surface area contributed by atoms with Crippen LogP contribution in [0.4, 0.5) is 0 Å². The van der Waals surface area contributed by atoms with Crippen LogP contribution in [0.1, 0.15) is 81.1 Å². The van der Waals surface area contributed by atoms with Gasteiger partial charge in [-0.25, -0.2) is 15.0 Å². The second kappa shape index (κ2) is 11.4. The van der Waals surface area contributed by atoms with E-state index in [1.165, 1.54) is 0 Å². The SMILES string of the molecule is CCC1=C(C)C2=NC1=CC1=C(C)C3=C(O)CC(=C4NC(=CC5=NC(=C2)C(CO)=C5C)[C@@H](C)[C@@H]4CCC(=O)OCC(C)(C)C)C3=N1. The van der Waals surface area contributed by atoms with Gasteiger partial charge in [-0.2, -0.15) is 0 Å². The lowest BCUT2D eigenvalue weighted by Gasteiger charge is -2.20. The van der Waals surface area contributed by atoms with Crippen molar-refractivity contribution in [2.75, 3.05) is 13.2 Å². The van der Waals surface area contributed by atoms with Crippen molar-refractivity contribution in [2.45, 2.75) is 81.1 Å². The molecule has 0 aromatic heterocycles. The highest BCUT2D eigenvalue weighted by Gasteiger charge is 2.41. The number of ether oxygens (including phenoxy) is 1. The number of aliphatic hydroxyl groups excluding tert-OH is 2. The van der Waals surface area contributed by atoms with Crippen LogP contribution in [-0.4, -0.2) is 46.5 Å². The van der Waals surface area contributed by atoms with Gasteiger partial charge >= 0.3 is 5.97 Å². The van der Waals surface area contributed by atoms with Crippen molar-refractivity contribution in [2.24, 2.45) is 32.2 Å². The smallest absolute Gasteiger partial charge is 0.305 e. The van der Waals surface area contributed by atoms with Gasteiger partial charge in [0.2, 0.25) is 0 Å². The minimum atomic E-state index is -0.206. The first-order chi connectivity index (χ1) is 21.3. The molecule has 1 aliphatic carbocycles. The third-order valence-corrected chi connectivity index (χ3v) is 9.67. The van der Waals surface area contributed by atoms with Crippen LogP contribution in [0.3, 0.4) is 0 Å². The van der Waals surface area contributed by atoms with Crippen LogP contribution in [0.2, 0.25) is 0 Å². The van der Waals surface area contributed by atoms with Crippen molar-refractivity contribution in [3.63, 3.8) is 0 Å². The number of nitrogens with one attached hydrogen (secondary N) is 1. The fourth-order valence-corrected chi connectivity index (χ4v) is 7.00. The predicted molar refractivity (Wildman–Crippen MR) is 179 cm³/mol. The molecular formula is C37H44N4O4. The summed E-state index contributed by atoms with van der Waals surface area (Å²) < 4.78 is 5.61. The number of fused-ring (bicyclic) bond motifs is 5. The van der Waals surface area contributed by atoms with Crippen LogP contribution in [0.5, 0.6) is 0 Å². The first-order valence-corrected chi connectivity index (χ1v) is 16.0. The molecule has 1 fully saturated rings. The Bertz CT molecular complexity index is 1760. The Balaban J connectivity index is 1.50. The number of carbonyl (C=O) groups excluding carboxylic acids is 1. The zero-order chi connectivity index (χ0) is 32.4. The fraction of sp³-hybridized carbons (Fsp3) is 0.459. The van der Waals surface area contributed by atoms with Crippen molar-refractivity contribution in [1.29, 1.82) is 0 Å². The van der Waals surface area contributed by atoms with Gasteiger partial charge in [0.15, 0.2) is 0 Å². The van der Waals surface area contributed by atoms with E-state index in [1.807, 2.05) is 46.8 Å². The highest BCUT2D eigenvalue weighted by atomic mass is 16.5. The van der Waals surface area contributed by atoms with Gasteiger partial charge in [0, 0.05) is 52.8 Å². The average Bonchev–Trinajstić information content (AvgIpc) is 3.73. The third kappa shape index (κ3) is 5.43. The molecule has 3 N–H and O–H groups in total. The molecule has 5 heterocycles. The monoisotopic (exact) mass is 608 g/mol. The number of rotatable bonds is 6. The van der Waals surface area contributed by atoms with E-state index in [9.17, 15) is 15.0 Å². The van der Waals surface area contributed by atoms with Gasteiger partial charge in [0.1, 0.15) is 5.76 Å². The number of allylic oxidation sites excluding steroid dienone is 11. The van der Waals surface area contributed by atoms with E-state index in [0.29, 0.717) is 25.2 Å². The minimum absolute atomic E-state index is 0.0147. The van der Waals surface area contributed by atoms with E-state index >= 15 is 0 Å². The lowest BCUT2D eigenvalue weighted by Crippen LogP contribution is -2.20. The molecule has 0 spiro atoms. The number of nitrogens with zero attached hydrogens (tertiary/aromatic N) is 3. The van der Waals surface area contributed by atoms with Crippen LogP contribution < -0.4 is 5.32 Å². The molecule has 0 aromatic carbocycles. The largest absolute Gasteiger partial charge is 0.511 e. The molecule has 0 radical (unpaired) electrons. The average molecular weight is 609 g/mol. The lowest BCUT2D eigenvalue weighted by molar-refractivity contribution is -0.146. The molecule has 8 nitrogen and oxygen atoms in total. The van der Waals surface area contributed by atoms with Crippen LogP contribution in [0, 0.1) is 17.3 Å². The lowest BCUT2D eigenvalue weighted by atomic mass is 9.86. The van der Waals surface area contributed by atoms with Crippen LogP contribution in [0.25, 0.3) is 0 Å². The van der Waals surface area contributed by atoms with Crippen molar-refractivity contribution >= 4 is 23.1 Å². The van der Waals surface area contributed by atoms with E-state index in [1.54, 1.807) is 0 Å². The maximum absolute atomic E-state index is 12.8. The summed E-state index contributed by atoms with van der Waals surface area (Å²) in [6.07, 6.45) is 8.14. The zero-order valence-corrected chi connectivity index (χ0v) is 27.7. The van der Waals surface area contributed by atoms with E-state index < -0.39 is 0 Å². The zero-order valence-electron chi connectivity index (χ0n) is 27.7. The van der Waals surface area contributed by atoms with Crippen LogP contribution >= 0.6 is 0 Å². The Labute approximate surface area is 265 Å². The molecular weight excluding hydrogens is 564 g/mol. The molecule has 6 aliphatic rings. The Kier molecular flexibility index (Phi) is 7.84. The van der Waals surface area contributed by atoms with Gasteiger partial charge in [-0.15, -0.1) is 0 Å². The number of carbonyl (C=O) groups is 1. The van der Waals surface area contributed by atoms with Gasteiger partial charge < -0.3 is 20.3 Å². The van der Waals surface area contributed by atoms with E-state index in [2.05, 4.69) is 32.2 Å². The standard InChI is InChI=1S/C37H44N4O4/c1-9-22-18(2)27-14-31-25(16-42)20(4)26(39-31)13-28-19(3)23(10-11-33(44)45-17-37(6,7)8)35(40-28)24-12-32(43)34-21(5)29(41-36(24)34)15-30(22)38-27/h13-15,19,23,40,42-43H,9-12,16-17H2,1-8H3/t19-,23-/m0/s1. The maximum atomic E-state index is 12.8. The Morgan fingerprint density at radius 3 is 2.33 bits per heavy atom. The predicted octanol–water partition coefficient (Wildman–Crippen LogP) is 7.02. The van der Waals surface area contributed by atoms with Gasteiger partial charge in [-0.05, 0) is 79.5 Å². The molecule has 0 unspecified atom stereocenters. The first-order valence-electron chi connectivity index (χ1n) is 16.0. The molecule has 236 valence electrons. The molecule has 0 amide bonds. The second-order valence-electron chi connectivity index (χ2n) is 14.0. The molecule has 8 heteroatoms. The highest BCUT2D eigenvalue weighted by Crippen LogP contribution is 2.46. The molecule has 2 atom stereocenters. The number of hydrogen-bond acceptors (Lipinski definition) is 8. The first kappa shape index (κ1) is 31.0. The van der Waals surface area contributed by atoms with Gasteiger partial charge in [-0.3, -0.25) is 4.79 Å². The number of aliphatic hydroxyl groups is 2. The quantitative estimate of drug-likeness (QED) is 0.280. The fourth-order valence-electron chi connectivity index (χ4n) is 7.00. The van der Waals surface area contributed by atoms with Crippen molar-refractivity contribution in [3.05, 3.63) is 91.5 Å². The number of aliphatic imine (C=N–C) groups is 3. The molecule has 8 bridgehead atoms. The van der Waals surface area contributed by atoms with Gasteiger partial charge in [0.05, 0.1) is 47.4 Å². The molecule has 0 aromatic rings. The summed E-state index contributed by atoms with van der Waals surface area (Å²) in [7, 11) is 0. The topological polar surface area (TPSA) is 116 Å². The summed E-state index contributed by atoms with van der Waals surface area (Å²) >= 11 is 0. The summed E-state index contributed by atoms with van der Waals surface area (Å²) in [4.78, 5) is 28.0. The van der Waals surface area contributed by atoms with E-state index in [0.717, 1.165) is 91.1 Å². The second-order valence-corrected chi connectivity index (χ2v) is 14.0. The highest BCUT2D eigenvalue weighted by molar-refractivity contribution is 6.21. The Hall–Kier alpha value is -4.04. The van der Waals surface area contributed by atoms with Gasteiger partial charge in [0.25, 0.3) is 0 Å². The van der Waals surface area contributed by atoms with Crippen molar-refractivity contribution in [3.8, 4) is 0 Å². The Morgan fingerprint density at radius 2 is 1.67 bits per heavy atom. The number of hydrogen-bond donors (Lipinski definition) is 3. The Morgan fingerprint density at radius 1 is 1.00 bits per heavy atom. The molecule has 1 saturated heterocycles. The van der Waals surface area contributed by atoms with Crippen molar-refractivity contribution in [1.82, 2.24) is 5.32 Å². The summed E-state index contributed by atoms with van der Waals surface area (Å²) in [5.74, 6) is 0.138. The van der Waals surface area contributed by atoms with E-state index in [4.69, 9.17) is 19.7 Å². The summed E-state index contributed by atoms with van der Waals surface area (Å²) in [6, 6.07) is 0. The van der Waals surface area contributed by atoms with Crippen LogP contribution in [0.15, 0.2) is 106 Å². The summed E-state index contributed by atoms with van der Waals surface area (Å²) in [5.41, 5.74) is 13.3.